The number of hydrogen-bond donors (Lipinski definition) is 1. The Hall–Kier alpha value is -1.59. The monoisotopic (exact) mass is 340 g/mol. The third-order valence-electron chi connectivity index (χ3n) is 2.77. The van der Waals surface area contributed by atoms with Gasteiger partial charge in [-0.25, -0.2) is 4.39 Å². The first-order valence-corrected chi connectivity index (χ1v) is 6.78. The molecule has 0 saturated carbocycles. The first kappa shape index (κ1) is 14.8. The van der Waals surface area contributed by atoms with Crippen LogP contribution in [0.1, 0.15) is 11.1 Å². The molecule has 20 heavy (non-hydrogen) atoms. The highest BCUT2D eigenvalue weighted by molar-refractivity contribution is 9.10. The topological polar surface area (TPSA) is 38.7 Å². The van der Waals surface area contributed by atoms with Gasteiger partial charge in [-0.3, -0.25) is 0 Å². The number of halogens is 2. The minimum absolute atomic E-state index is 0.0762. The van der Waals surface area contributed by atoms with Gasteiger partial charge in [-0.2, -0.15) is 0 Å². The van der Waals surface area contributed by atoms with Gasteiger partial charge in [-0.15, -0.1) is 0 Å². The molecule has 0 aromatic heterocycles. The first-order valence-electron chi connectivity index (χ1n) is 5.98. The summed E-state index contributed by atoms with van der Waals surface area (Å²) in [5.41, 5.74) is 1.58. The lowest BCUT2D eigenvalue weighted by molar-refractivity contribution is 0.273. The third kappa shape index (κ3) is 3.49. The Labute approximate surface area is 125 Å². The summed E-state index contributed by atoms with van der Waals surface area (Å²) < 4.78 is 24.5. The van der Waals surface area contributed by atoms with E-state index in [4.69, 9.17) is 14.6 Å². The molecule has 5 heteroatoms. The molecule has 0 heterocycles. The second kappa shape index (κ2) is 6.72. The molecule has 0 bridgehead atoms. The maximum absolute atomic E-state index is 12.8. The maximum Gasteiger partial charge on any atom is 0.175 e. The van der Waals surface area contributed by atoms with E-state index < -0.39 is 0 Å². The quantitative estimate of drug-likeness (QED) is 0.902. The van der Waals surface area contributed by atoms with Gasteiger partial charge >= 0.3 is 0 Å². The molecule has 0 unspecified atom stereocenters. The number of methoxy groups -OCH3 is 1. The largest absolute Gasteiger partial charge is 0.493 e. The summed E-state index contributed by atoms with van der Waals surface area (Å²) in [6.45, 7) is 0.223. The molecule has 2 rings (SSSR count). The normalized spacial score (nSPS) is 10.4. The van der Waals surface area contributed by atoms with Gasteiger partial charge in [0.1, 0.15) is 12.4 Å². The van der Waals surface area contributed by atoms with Crippen LogP contribution in [0, 0.1) is 5.82 Å². The average Bonchev–Trinajstić information content (AvgIpc) is 2.47. The summed E-state index contributed by atoms with van der Waals surface area (Å²) in [6, 6.07) is 9.59. The van der Waals surface area contributed by atoms with Crippen LogP contribution in [0.15, 0.2) is 40.9 Å². The number of ether oxygens (including phenoxy) is 2. The van der Waals surface area contributed by atoms with Gasteiger partial charge in [-0.1, -0.05) is 12.1 Å². The molecule has 1 N–H and O–H groups in total. The molecule has 0 aliphatic heterocycles. The van der Waals surface area contributed by atoms with Crippen LogP contribution in [0.4, 0.5) is 4.39 Å². The summed E-state index contributed by atoms with van der Waals surface area (Å²) in [6.07, 6.45) is 0. The minimum atomic E-state index is -0.278. The van der Waals surface area contributed by atoms with E-state index in [1.165, 1.54) is 19.2 Å². The van der Waals surface area contributed by atoms with E-state index in [0.717, 1.165) is 11.1 Å². The Morgan fingerprint density at radius 1 is 1.15 bits per heavy atom. The molecule has 0 atom stereocenters. The third-order valence-corrected chi connectivity index (χ3v) is 3.36. The molecule has 0 amide bonds. The Morgan fingerprint density at radius 3 is 2.45 bits per heavy atom. The second-order valence-corrected chi connectivity index (χ2v) is 5.04. The minimum Gasteiger partial charge on any atom is -0.493 e. The molecule has 3 nitrogen and oxygen atoms in total. The predicted molar refractivity (Wildman–Crippen MR) is 77.3 cm³/mol. The van der Waals surface area contributed by atoms with Crippen LogP contribution in [0.2, 0.25) is 0 Å². The fourth-order valence-corrected chi connectivity index (χ4v) is 2.34. The lowest BCUT2D eigenvalue weighted by Crippen LogP contribution is -2.00. The van der Waals surface area contributed by atoms with E-state index >= 15 is 0 Å². The molecule has 0 aliphatic rings. The highest BCUT2D eigenvalue weighted by Gasteiger charge is 2.11. The van der Waals surface area contributed by atoms with Crippen molar-refractivity contribution in [3.8, 4) is 11.5 Å². The van der Waals surface area contributed by atoms with Gasteiger partial charge in [-0.05, 0) is 51.3 Å². The summed E-state index contributed by atoms with van der Waals surface area (Å²) in [7, 11) is 1.54. The van der Waals surface area contributed by atoms with Crippen molar-refractivity contribution in [3.05, 3.63) is 57.8 Å². The van der Waals surface area contributed by atoms with Gasteiger partial charge in [0.25, 0.3) is 0 Å². The van der Waals surface area contributed by atoms with Gasteiger partial charge in [0.05, 0.1) is 18.2 Å². The molecule has 0 spiro atoms. The molecule has 0 aliphatic carbocycles. The Kier molecular flexibility index (Phi) is 4.98. The average molecular weight is 341 g/mol. The highest BCUT2D eigenvalue weighted by Crippen LogP contribution is 2.37. The SMILES string of the molecule is COc1cc(CO)cc(Br)c1OCc1ccc(F)cc1. The van der Waals surface area contributed by atoms with Gasteiger partial charge in [0.2, 0.25) is 0 Å². The van der Waals surface area contributed by atoms with Crippen LogP contribution >= 0.6 is 15.9 Å². The predicted octanol–water partition coefficient (Wildman–Crippen LogP) is 3.67. The Bertz CT molecular complexity index is 584. The number of benzene rings is 2. The maximum atomic E-state index is 12.8. The van der Waals surface area contributed by atoms with Crippen LogP contribution in [-0.2, 0) is 13.2 Å². The Balaban J connectivity index is 2.18. The fraction of sp³-hybridized carbons (Fsp3) is 0.200. The molecule has 0 saturated heterocycles. The van der Waals surface area contributed by atoms with Crippen LogP contribution in [0.3, 0.4) is 0 Å². The summed E-state index contributed by atoms with van der Waals surface area (Å²) in [5.74, 6) is 0.805. The molecule has 0 radical (unpaired) electrons. The van der Waals surface area contributed by atoms with E-state index in [1.807, 2.05) is 0 Å². The van der Waals surface area contributed by atoms with Gasteiger partial charge in [0, 0.05) is 0 Å². The Morgan fingerprint density at radius 2 is 1.85 bits per heavy atom. The zero-order valence-corrected chi connectivity index (χ0v) is 12.5. The van der Waals surface area contributed by atoms with E-state index in [-0.39, 0.29) is 12.4 Å². The standard InChI is InChI=1S/C15H14BrFO3/c1-19-14-7-11(8-18)6-13(16)15(14)20-9-10-2-4-12(17)5-3-10/h2-7,18H,8-9H2,1H3. The van der Waals surface area contributed by atoms with E-state index in [9.17, 15) is 4.39 Å². The van der Waals surface area contributed by atoms with Crippen molar-refractivity contribution in [3.63, 3.8) is 0 Å². The summed E-state index contributed by atoms with van der Waals surface area (Å²) in [5, 5.41) is 9.15. The molecule has 2 aromatic carbocycles. The lowest BCUT2D eigenvalue weighted by Gasteiger charge is -2.14. The zero-order chi connectivity index (χ0) is 14.5. The molecular weight excluding hydrogens is 327 g/mol. The number of hydrogen-bond acceptors (Lipinski definition) is 3. The number of aliphatic hydroxyl groups is 1. The van der Waals surface area contributed by atoms with Crippen LogP contribution in [-0.4, -0.2) is 12.2 Å². The lowest BCUT2D eigenvalue weighted by atomic mass is 10.2. The van der Waals surface area contributed by atoms with Crippen molar-refractivity contribution < 1.29 is 19.0 Å². The van der Waals surface area contributed by atoms with E-state index in [2.05, 4.69) is 15.9 Å². The summed E-state index contributed by atoms with van der Waals surface area (Å²) in [4.78, 5) is 0. The van der Waals surface area contributed by atoms with Gasteiger partial charge in [0.15, 0.2) is 11.5 Å². The highest BCUT2D eigenvalue weighted by atomic mass is 79.9. The van der Waals surface area contributed by atoms with Crippen molar-refractivity contribution >= 4 is 15.9 Å². The second-order valence-electron chi connectivity index (χ2n) is 4.18. The number of rotatable bonds is 5. The molecule has 0 fully saturated rings. The fourth-order valence-electron chi connectivity index (χ4n) is 1.74. The molecule has 106 valence electrons. The van der Waals surface area contributed by atoms with E-state index in [1.54, 1.807) is 24.3 Å². The zero-order valence-electron chi connectivity index (χ0n) is 10.9. The van der Waals surface area contributed by atoms with Crippen molar-refractivity contribution in [2.75, 3.05) is 7.11 Å². The molecular formula is C15H14BrFO3. The van der Waals surface area contributed by atoms with Crippen molar-refractivity contribution in [2.24, 2.45) is 0 Å². The number of aliphatic hydroxyl groups excluding tert-OH is 1. The van der Waals surface area contributed by atoms with Crippen molar-refractivity contribution in [1.29, 1.82) is 0 Å². The molecule has 2 aromatic rings. The van der Waals surface area contributed by atoms with Crippen molar-refractivity contribution in [1.82, 2.24) is 0 Å². The summed E-state index contributed by atoms with van der Waals surface area (Å²) >= 11 is 3.39. The smallest absolute Gasteiger partial charge is 0.175 e. The van der Waals surface area contributed by atoms with Crippen molar-refractivity contribution in [2.45, 2.75) is 13.2 Å². The van der Waals surface area contributed by atoms with Crippen LogP contribution < -0.4 is 9.47 Å². The van der Waals surface area contributed by atoms with Crippen LogP contribution in [0.25, 0.3) is 0 Å². The van der Waals surface area contributed by atoms with E-state index in [0.29, 0.717) is 22.6 Å². The van der Waals surface area contributed by atoms with Gasteiger partial charge < -0.3 is 14.6 Å². The first-order chi connectivity index (χ1) is 9.63. The van der Waals surface area contributed by atoms with Crippen LogP contribution in [0.5, 0.6) is 11.5 Å².